The molecule has 2 amide bonds. The van der Waals surface area contributed by atoms with Crippen LogP contribution in [0.25, 0.3) is 0 Å². The first-order valence-corrected chi connectivity index (χ1v) is 9.00. The highest BCUT2D eigenvalue weighted by atomic mass is 35.5. The van der Waals surface area contributed by atoms with E-state index in [9.17, 15) is 18.8 Å². The largest absolute Gasteiger partial charge is 0.455 e. The molecular formula is C20H18ClFN2O4. The Morgan fingerprint density at radius 3 is 2.64 bits per heavy atom. The zero-order valence-electron chi connectivity index (χ0n) is 15.1. The smallest absolute Gasteiger partial charge is 0.311 e. The lowest BCUT2D eigenvalue weighted by Crippen LogP contribution is -2.28. The first-order chi connectivity index (χ1) is 13.3. The predicted molar refractivity (Wildman–Crippen MR) is 103 cm³/mol. The third-order valence-corrected chi connectivity index (χ3v) is 4.81. The summed E-state index contributed by atoms with van der Waals surface area (Å²) in [5.41, 5.74) is 1.89. The van der Waals surface area contributed by atoms with E-state index in [1.54, 1.807) is 18.2 Å². The van der Waals surface area contributed by atoms with E-state index >= 15 is 0 Å². The van der Waals surface area contributed by atoms with Gasteiger partial charge in [0.2, 0.25) is 5.91 Å². The summed E-state index contributed by atoms with van der Waals surface area (Å²) in [5, 5.41) is 3.03. The van der Waals surface area contributed by atoms with Crippen LogP contribution in [-0.4, -0.2) is 30.9 Å². The van der Waals surface area contributed by atoms with Crippen LogP contribution in [0.15, 0.2) is 42.5 Å². The molecule has 8 heteroatoms. The molecule has 0 unspecified atom stereocenters. The average Bonchev–Trinajstić information content (AvgIpc) is 3.06. The van der Waals surface area contributed by atoms with Crippen molar-refractivity contribution in [2.45, 2.75) is 13.3 Å². The Labute approximate surface area is 166 Å². The van der Waals surface area contributed by atoms with Gasteiger partial charge in [-0.1, -0.05) is 17.7 Å². The molecule has 28 heavy (non-hydrogen) atoms. The second kappa shape index (κ2) is 8.39. The maximum atomic E-state index is 12.9. The third kappa shape index (κ3) is 4.67. The molecule has 1 atom stereocenters. The van der Waals surface area contributed by atoms with Gasteiger partial charge in [0.25, 0.3) is 5.91 Å². The molecule has 1 aliphatic rings. The Morgan fingerprint density at radius 2 is 1.96 bits per heavy atom. The van der Waals surface area contributed by atoms with Gasteiger partial charge in [0.1, 0.15) is 5.82 Å². The van der Waals surface area contributed by atoms with Crippen molar-refractivity contribution in [2.24, 2.45) is 5.92 Å². The van der Waals surface area contributed by atoms with Gasteiger partial charge < -0.3 is 15.0 Å². The first kappa shape index (κ1) is 19.8. The molecule has 146 valence electrons. The SMILES string of the molecule is Cc1ccc(N2C[C@@H](C(=O)OCC(=O)Nc3ccc(F)cc3)CC2=O)cc1Cl. The number of hydrogen-bond acceptors (Lipinski definition) is 4. The summed E-state index contributed by atoms with van der Waals surface area (Å²) in [6, 6.07) is 10.5. The number of ether oxygens (including phenoxy) is 1. The van der Waals surface area contributed by atoms with Gasteiger partial charge >= 0.3 is 5.97 Å². The van der Waals surface area contributed by atoms with Gasteiger partial charge in [-0.05, 0) is 48.9 Å². The van der Waals surface area contributed by atoms with E-state index in [1.807, 2.05) is 6.92 Å². The van der Waals surface area contributed by atoms with Gasteiger partial charge in [0.05, 0.1) is 5.92 Å². The molecule has 1 heterocycles. The molecule has 1 aliphatic heterocycles. The number of benzene rings is 2. The molecule has 2 aromatic carbocycles. The maximum absolute atomic E-state index is 12.9. The molecule has 1 saturated heterocycles. The van der Waals surface area contributed by atoms with E-state index in [0.29, 0.717) is 16.4 Å². The van der Waals surface area contributed by atoms with Gasteiger partial charge in [-0.25, -0.2) is 4.39 Å². The van der Waals surface area contributed by atoms with Crippen LogP contribution in [0.4, 0.5) is 15.8 Å². The molecule has 6 nitrogen and oxygen atoms in total. The fourth-order valence-electron chi connectivity index (χ4n) is 2.85. The van der Waals surface area contributed by atoms with Crippen LogP contribution in [0.2, 0.25) is 5.02 Å². The minimum atomic E-state index is -0.661. The molecule has 1 fully saturated rings. The van der Waals surface area contributed by atoms with E-state index in [1.165, 1.54) is 29.2 Å². The summed E-state index contributed by atoms with van der Waals surface area (Å²) in [4.78, 5) is 37.8. The normalized spacial score (nSPS) is 16.2. The van der Waals surface area contributed by atoms with E-state index < -0.39 is 30.2 Å². The summed E-state index contributed by atoms with van der Waals surface area (Å²) >= 11 is 6.10. The van der Waals surface area contributed by atoms with Crippen LogP contribution in [0.5, 0.6) is 0 Å². The fourth-order valence-corrected chi connectivity index (χ4v) is 3.02. The van der Waals surface area contributed by atoms with Gasteiger partial charge in [0.15, 0.2) is 6.61 Å². The average molecular weight is 405 g/mol. The monoisotopic (exact) mass is 404 g/mol. The Balaban J connectivity index is 1.53. The number of hydrogen-bond donors (Lipinski definition) is 1. The summed E-state index contributed by atoms with van der Waals surface area (Å²) in [6.45, 7) is 1.53. The zero-order chi connectivity index (χ0) is 20.3. The van der Waals surface area contributed by atoms with Gasteiger partial charge in [-0.3, -0.25) is 14.4 Å². The molecule has 0 bridgehead atoms. The number of anilines is 2. The van der Waals surface area contributed by atoms with Gasteiger partial charge in [0, 0.05) is 29.4 Å². The van der Waals surface area contributed by atoms with Crippen molar-refractivity contribution >= 4 is 40.8 Å². The van der Waals surface area contributed by atoms with Crippen molar-refractivity contribution in [1.82, 2.24) is 0 Å². The number of aryl methyl sites for hydroxylation is 1. The van der Waals surface area contributed by atoms with Crippen LogP contribution < -0.4 is 10.2 Å². The number of esters is 1. The molecule has 2 aromatic rings. The number of nitrogens with one attached hydrogen (secondary N) is 1. The minimum Gasteiger partial charge on any atom is -0.455 e. The standard InChI is InChI=1S/C20H18ClFN2O4/c1-12-2-7-16(9-17(12)21)24-10-13(8-19(24)26)20(27)28-11-18(25)23-15-5-3-14(22)4-6-15/h2-7,9,13H,8,10-11H2,1H3,(H,23,25)/t13-/m0/s1. The van der Waals surface area contributed by atoms with Gasteiger partial charge in [-0.15, -0.1) is 0 Å². The predicted octanol–water partition coefficient (Wildman–Crippen LogP) is 3.32. The number of rotatable bonds is 5. The summed E-state index contributed by atoms with van der Waals surface area (Å²) in [5.74, 6) is -2.46. The summed E-state index contributed by atoms with van der Waals surface area (Å²) in [7, 11) is 0. The van der Waals surface area contributed by atoms with Crippen molar-refractivity contribution in [2.75, 3.05) is 23.4 Å². The van der Waals surface area contributed by atoms with E-state index in [-0.39, 0.29) is 18.9 Å². The van der Waals surface area contributed by atoms with Crippen molar-refractivity contribution in [3.63, 3.8) is 0 Å². The maximum Gasteiger partial charge on any atom is 0.311 e. The number of halogens is 2. The molecule has 0 aromatic heterocycles. The number of carbonyl (C=O) groups is 3. The Hall–Kier alpha value is -2.93. The summed E-state index contributed by atoms with van der Waals surface area (Å²) in [6.07, 6.45) is 0.00388. The molecule has 0 spiro atoms. The Bertz CT molecular complexity index is 917. The second-order valence-electron chi connectivity index (χ2n) is 6.50. The summed E-state index contributed by atoms with van der Waals surface area (Å²) < 4.78 is 17.9. The molecule has 0 radical (unpaired) electrons. The number of amides is 2. The quantitative estimate of drug-likeness (QED) is 0.776. The minimum absolute atomic E-state index is 0.00388. The highest BCUT2D eigenvalue weighted by Crippen LogP contribution is 2.29. The molecule has 0 aliphatic carbocycles. The highest BCUT2D eigenvalue weighted by Gasteiger charge is 2.36. The van der Waals surface area contributed by atoms with Crippen LogP contribution >= 0.6 is 11.6 Å². The second-order valence-corrected chi connectivity index (χ2v) is 6.91. The number of carbonyl (C=O) groups excluding carboxylic acids is 3. The van der Waals surface area contributed by atoms with Crippen LogP contribution in [-0.2, 0) is 19.1 Å². The van der Waals surface area contributed by atoms with E-state index in [0.717, 1.165) is 5.56 Å². The first-order valence-electron chi connectivity index (χ1n) is 8.62. The van der Waals surface area contributed by atoms with Crippen molar-refractivity contribution < 1.29 is 23.5 Å². The Morgan fingerprint density at radius 1 is 1.25 bits per heavy atom. The van der Waals surface area contributed by atoms with E-state index in [4.69, 9.17) is 16.3 Å². The molecule has 0 saturated carbocycles. The molecule has 1 N–H and O–H groups in total. The topological polar surface area (TPSA) is 75.7 Å². The van der Waals surface area contributed by atoms with Crippen LogP contribution in [0, 0.1) is 18.7 Å². The van der Waals surface area contributed by atoms with Crippen LogP contribution in [0.1, 0.15) is 12.0 Å². The molecular weight excluding hydrogens is 387 g/mol. The highest BCUT2D eigenvalue weighted by molar-refractivity contribution is 6.31. The van der Waals surface area contributed by atoms with Crippen molar-refractivity contribution in [3.05, 3.63) is 58.9 Å². The fraction of sp³-hybridized carbons (Fsp3) is 0.250. The lowest BCUT2D eigenvalue weighted by Gasteiger charge is -2.17. The van der Waals surface area contributed by atoms with Crippen molar-refractivity contribution in [3.8, 4) is 0 Å². The van der Waals surface area contributed by atoms with Gasteiger partial charge in [-0.2, -0.15) is 0 Å². The third-order valence-electron chi connectivity index (χ3n) is 4.40. The van der Waals surface area contributed by atoms with E-state index in [2.05, 4.69) is 5.32 Å². The van der Waals surface area contributed by atoms with Crippen molar-refractivity contribution in [1.29, 1.82) is 0 Å². The lowest BCUT2D eigenvalue weighted by atomic mass is 10.1. The lowest BCUT2D eigenvalue weighted by molar-refractivity contribution is -0.151. The zero-order valence-corrected chi connectivity index (χ0v) is 15.8. The molecule has 3 rings (SSSR count). The van der Waals surface area contributed by atoms with Crippen LogP contribution in [0.3, 0.4) is 0 Å². The Kier molecular flexibility index (Phi) is 5.94. The number of nitrogens with zero attached hydrogens (tertiary/aromatic N) is 1.